The Labute approximate surface area is 249 Å². The van der Waals surface area contributed by atoms with Crippen molar-refractivity contribution in [2.45, 2.75) is 124 Å². The third kappa shape index (κ3) is 4.13. The van der Waals surface area contributed by atoms with Crippen molar-refractivity contribution >= 4 is 11.7 Å². The van der Waals surface area contributed by atoms with Crippen LogP contribution in [0.3, 0.4) is 0 Å². The van der Waals surface area contributed by atoms with Crippen LogP contribution in [0.15, 0.2) is 11.1 Å². The summed E-state index contributed by atoms with van der Waals surface area (Å²) >= 11 is 0. The molecule has 5 nitrogen and oxygen atoms in total. The smallest absolute Gasteiger partial charge is 0.233 e. The molecule has 3 unspecified atom stereocenters. The molecule has 6 rings (SSSR count). The van der Waals surface area contributed by atoms with Crippen LogP contribution >= 0.6 is 0 Å². The van der Waals surface area contributed by atoms with Crippen LogP contribution in [0.2, 0.25) is 0 Å². The molecule has 0 aromatic heterocycles. The Kier molecular flexibility index (Phi) is 7.21. The summed E-state index contributed by atoms with van der Waals surface area (Å²) in [7, 11) is 4.30. The summed E-state index contributed by atoms with van der Waals surface area (Å²) in [5, 5.41) is 11.0. The minimum atomic E-state index is -0.593. The van der Waals surface area contributed by atoms with Gasteiger partial charge in [0.1, 0.15) is 0 Å². The molecule has 1 aliphatic heterocycles. The predicted molar refractivity (Wildman–Crippen MR) is 164 cm³/mol. The molecule has 230 valence electrons. The largest absolute Gasteiger partial charge is 0.393 e. The van der Waals surface area contributed by atoms with E-state index in [9.17, 15) is 14.7 Å². The number of Topliss-reactive ketones (excluding diaryl/α,β-unsaturated/α-hetero) is 1. The van der Waals surface area contributed by atoms with Crippen LogP contribution in [0.25, 0.3) is 0 Å². The highest BCUT2D eigenvalue weighted by atomic mass is 16.3. The minimum Gasteiger partial charge on any atom is -0.393 e. The van der Waals surface area contributed by atoms with Gasteiger partial charge in [0, 0.05) is 25.6 Å². The first-order chi connectivity index (χ1) is 19.2. The second kappa shape index (κ2) is 9.91. The average Bonchev–Trinajstić information content (AvgIpc) is 3.24. The Hall–Kier alpha value is -1.20. The lowest BCUT2D eigenvalue weighted by molar-refractivity contribution is -0.203. The normalized spacial score (nSPS) is 44.5. The molecule has 5 fully saturated rings. The highest BCUT2D eigenvalue weighted by Gasteiger charge is 2.67. The lowest BCUT2D eigenvalue weighted by Crippen LogP contribution is -2.63. The number of rotatable bonds is 3. The molecule has 1 heterocycles. The fraction of sp³-hybridized carbons (Fsp3) is 0.889. The molecule has 41 heavy (non-hydrogen) atoms. The van der Waals surface area contributed by atoms with Crippen LogP contribution in [0.4, 0.5) is 0 Å². The van der Waals surface area contributed by atoms with Gasteiger partial charge in [0.2, 0.25) is 5.91 Å². The summed E-state index contributed by atoms with van der Waals surface area (Å²) < 4.78 is 0. The van der Waals surface area contributed by atoms with Gasteiger partial charge in [0.05, 0.1) is 11.5 Å². The first-order valence-corrected chi connectivity index (χ1v) is 17.1. The van der Waals surface area contributed by atoms with Crippen molar-refractivity contribution in [2.75, 3.05) is 27.2 Å². The molecule has 6 aliphatic rings. The first-order valence-electron chi connectivity index (χ1n) is 17.1. The van der Waals surface area contributed by atoms with Crippen molar-refractivity contribution in [1.82, 2.24) is 9.80 Å². The standard InChI is InChI=1S/C36H58N2O3/c1-22(2)30-26(39)21-36(32(41)38-19-14-23(15-20-38)37(7)8)18-11-25-24(31(30)36)9-10-28-34(25,5)16-12-27-33(3,4)29(40)13-17-35(27,28)6/h22-25,27-29,40H,9-21H2,1-8H3/t24-,25?,27?,28?,29-,34-,35-,36+/m0/s1. The SMILES string of the molecule is CC(C)C1=C2[C@H]3CCC4[C@@](C)(CCC5C(C)(C)[C@@H](O)CC[C@@]54C)C3CC[C@@]2(C(=O)N2CCC(N(C)C)CC2)CC1=O. The number of amides is 1. The molecule has 0 aromatic rings. The highest BCUT2D eigenvalue weighted by Crippen LogP contribution is 2.73. The van der Waals surface area contributed by atoms with E-state index in [-0.39, 0.29) is 40.0 Å². The number of aliphatic hydroxyl groups excluding tert-OH is 1. The number of aliphatic hydroxyl groups is 1. The Bertz CT molecular complexity index is 1120. The fourth-order valence-corrected chi connectivity index (χ4v) is 12.4. The van der Waals surface area contributed by atoms with E-state index in [1.165, 1.54) is 24.8 Å². The maximum atomic E-state index is 14.6. The Morgan fingerprint density at radius 2 is 1.54 bits per heavy atom. The maximum Gasteiger partial charge on any atom is 0.233 e. The summed E-state index contributed by atoms with van der Waals surface area (Å²) in [6.07, 6.45) is 10.9. The monoisotopic (exact) mass is 566 g/mol. The number of fused-ring (bicyclic) bond motifs is 7. The van der Waals surface area contributed by atoms with Gasteiger partial charge in [-0.1, -0.05) is 41.5 Å². The quantitative estimate of drug-likeness (QED) is 0.424. The van der Waals surface area contributed by atoms with Crippen LogP contribution in [0.1, 0.15) is 112 Å². The van der Waals surface area contributed by atoms with Crippen LogP contribution in [-0.2, 0) is 9.59 Å². The topological polar surface area (TPSA) is 60.9 Å². The molecule has 0 bridgehead atoms. The number of piperidine rings is 1. The van der Waals surface area contributed by atoms with Gasteiger partial charge in [-0.05, 0) is 135 Å². The molecule has 5 aliphatic carbocycles. The summed E-state index contributed by atoms with van der Waals surface area (Å²) in [5.41, 5.74) is 2.18. The molecule has 0 radical (unpaired) electrons. The van der Waals surface area contributed by atoms with Crippen LogP contribution in [-0.4, -0.2) is 65.9 Å². The number of nitrogens with zero attached hydrogens (tertiary/aromatic N) is 2. The molecule has 8 atom stereocenters. The van der Waals surface area contributed by atoms with Crippen molar-refractivity contribution in [3.8, 4) is 0 Å². The molecule has 0 spiro atoms. The molecule has 5 heteroatoms. The average molecular weight is 567 g/mol. The van der Waals surface area contributed by atoms with Gasteiger partial charge in [-0.2, -0.15) is 0 Å². The third-order valence-electron chi connectivity index (χ3n) is 14.5. The van der Waals surface area contributed by atoms with Crippen molar-refractivity contribution in [3.05, 3.63) is 11.1 Å². The van der Waals surface area contributed by atoms with Gasteiger partial charge < -0.3 is 14.9 Å². The molecule has 4 saturated carbocycles. The second-order valence-corrected chi connectivity index (χ2v) is 17.0. The molecule has 1 saturated heterocycles. The Morgan fingerprint density at radius 3 is 2.17 bits per heavy atom. The van der Waals surface area contributed by atoms with E-state index in [0.717, 1.165) is 63.6 Å². The number of ketones is 1. The van der Waals surface area contributed by atoms with Gasteiger partial charge in [0.25, 0.3) is 0 Å². The zero-order valence-corrected chi connectivity index (χ0v) is 27.4. The van der Waals surface area contributed by atoms with Crippen molar-refractivity contribution < 1.29 is 14.7 Å². The summed E-state index contributed by atoms with van der Waals surface area (Å²) in [6, 6.07) is 0.538. The van der Waals surface area contributed by atoms with Gasteiger partial charge in [-0.3, -0.25) is 9.59 Å². The van der Waals surface area contributed by atoms with E-state index in [1.807, 2.05) is 0 Å². The number of carbonyl (C=O) groups excluding carboxylic acids is 2. The lowest BCUT2D eigenvalue weighted by Gasteiger charge is -2.68. The lowest BCUT2D eigenvalue weighted by atomic mass is 9.36. The fourth-order valence-electron chi connectivity index (χ4n) is 12.4. The van der Waals surface area contributed by atoms with Crippen LogP contribution in [0, 0.1) is 51.2 Å². The molecule has 0 aromatic carbocycles. The summed E-state index contributed by atoms with van der Waals surface area (Å²) in [5.74, 6) is 2.82. The second-order valence-electron chi connectivity index (χ2n) is 17.0. The van der Waals surface area contributed by atoms with Gasteiger partial charge in [0.15, 0.2) is 5.78 Å². The van der Waals surface area contributed by atoms with E-state index in [1.54, 1.807) is 0 Å². The van der Waals surface area contributed by atoms with Gasteiger partial charge in [-0.25, -0.2) is 0 Å². The minimum absolute atomic E-state index is 0.0371. The molecular weight excluding hydrogens is 508 g/mol. The summed E-state index contributed by atoms with van der Waals surface area (Å²) in [6.45, 7) is 15.8. The number of allylic oxidation sites excluding steroid dienone is 1. The number of hydrogen-bond donors (Lipinski definition) is 1. The maximum absolute atomic E-state index is 14.6. The Morgan fingerprint density at radius 1 is 0.878 bits per heavy atom. The zero-order chi connectivity index (χ0) is 29.7. The van der Waals surface area contributed by atoms with Crippen molar-refractivity contribution in [1.29, 1.82) is 0 Å². The summed E-state index contributed by atoms with van der Waals surface area (Å²) in [4.78, 5) is 32.9. The Balaban J connectivity index is 1.35. The number of carbonyl (C=O) groups is 2. The van der Waals surface area contributed by atoms with E-state index in [4.69, 9.17) is 0 Å². The molecular formula is C36H58N2O3. The van der Waals surface area contributed by atoms with E-state index in [2.05, 4.69) is 65.4 Å². The van der Waals surface area contributed by atoms with Gasteiger partial charge >= 0.3 is 0 Å². The number of likely N-dealkylation sites (tertiary alicyclic amines) is 1. The van der Waals surface area contributed by atoms with E-state index < -0.39 is 5.41 Å². The van der Waals surface area contributed by atoms with Gasteiger partial charge in [-0.15, -0.1) is 0 Å². The zero-order valence-electron chi connectivity index (χ0n) is 27.4. The van der Waals surface area contributed by atoms with E-state index >= 15 is 0 Å². The van der Waals surface area contributed by atoms with Crippen LogP contribution in [0.5, 0.6) is 0 Å². The predicted octanol–water partition coefficient (Wildman–Crippen LogP) is 6.49. The van der Waals surface area contributed by atoms with Crippen molar-refractivity contribution in [3.63, 3.8) is 0 Å². The van der Waals surface area contributed by atoms with Crippen molar-refractivity contribution in [2.24, 2.45) is 51.2 Å². The molecule has 1 amide bonds. The number of hydrogen-bond acceptors (Lipinski definition) is 4. The first kappa shape index (κ1) is 29.9. The molecule has 1 N–H and O–H groups in total. The third-order valence-corrected chi connectivity index (χ3v) is 14.5. The van der Waals surface area contributed by atoms with Crippen LogP contribution < -0.4 is 0 Å². The van der Waals surface area contributed by atoms with E-state index in [0.29, 0.717) is 36.1 Å². The highest BCUT2D eigenvalue weighted by molar-refractivity contribution is 6.06.